The highest BCUT2D eigenvalue weighted by Gasteiger charge is 2.43. The molecule has 0 radical (unpaired) electrons. The zero-order valence-electron chi connectivity index (χ0n) is 24.3. The molecule has 3 N–H and O–H groups in total. The molecule has 2 aliphatic heterocycles. The number of hydrogen-bond acceptors (Lipinski definition) is 7. The zero-order valence-corrected chi connectivity index (χ0v) is 25.1. The molecule has 0 spiro atoms. The van der Waals surface area contributed by atoms with Crippen LogP contribution in [0.5, 0.6) is 0 Å². The van der Waals surface area contributed by atoms with Crippen molar-refractivity contribution in [3.8, 4) is 0 Å². The second-order valence-electron chi connectivity index (χ2n) is 10.7. The first-order valence-corrected chi connectivity index (χ1v) is 14.5. The van der Waals surface area contributed by atoms with Gasteiger partial charge < -0.3 is 25.6 Å². The van der Waals surface area contributed by atoms with Crippen molar-refractivity contribution in [2.75, 3.05) is 19.1 Å². The molecule has 2 heterocycles. The average molecular weight is 618 g/mol. The number of urea groups is 1. The average Bonchev–Trinajstić information content (AvgIpc) is 3.33. The van der Waals surface area contributed by atoms with Gasteiger partial charge in [0.05, 0.1) is 5.56 Å². The number of amides is 5. The Kier molecular flexibility index (Phi) is 9.26. The molecule has 3 aromatic rings. The van der Waals surface area contributed by atoms with Gasteiger partial charge in [-0.2, -0.15) is 0 Å². The normalized spacial score (nSPS) is 16.2. The summed E-state index contributed by atoms with van der Waals surface area (Å²) < 4.78 is 5.37. The first kappa shape index (κ1) is 30.7. The third-order valence-corrected chi connectivity index (χ3v) is 8.08. The van der Waals surface area contributed by atoms with Crippen LogP contribution in [0, 0.1) is 6.92 Å². The molecule has 5 rings (SSSR count). The van der Waals surface area contributed by atoms with E-state index in [-0.39, 0.29) is 31.8 Å². The fraction of sp³-hybridized carbons (Fsp3) is 0.281. The van der Waals surface area contributed by atoms with E-state index >= 15 is 0 Å². The number of esters is 1. The zero-order chi connectivity index (χ0) is 31.4. The van der Waals surface area contributed by atoms with Crippen molar-refractivity contribution in [1.29, 1.82) is 0 Å². The molecular formula is C32H32ClN5O6. The van der Waals surface area contributed by atoms with Crippen molar-refractivity contribution >= 4 is 47.0 Å². The molecule has 44 heavy (non-hydrogen) atoms. The SMILES string of the molecule is CNCc1ccccc1C(=O)OCN1C(=O)CCC(N2Cc3cc(CNC(=O)Nc4ccc(C)c(Cl)c4)ccc3C2=O)C1=O. The van der Waals surface area contributed by atoms with E-state index in [1.54, 1.807) is 55.6 Å². The number of nitrogens with one attached hydrogen (secondary N) is 3. The Hall–Kier alpha value is -4.74. The fourth-order valence-corrected chi connectivity index (χ4v) is 5.48. The van der Waals surface area contributed by atoms with Gasteiger partial charge in [-0.25, -0.2) is 14.5 Å². The molecule has 5 amide bonds. The number of halogens is 1. The van der Waals surface area contributed by atoms with Crippen molar-refractivity contribution in [3.05, 3.63) is 99.1 Å². The molecule has 12 heteroatoms. The second kappa shape index (κ2) is 13.3. The Morgan fingerprint density at radius 2 is 1.82 bits per heavy atom. The number of aryl methyl sites for hydroxylation is 1. The topological polar surface area (TPSA) is 137 Å². The maximum atomic E-state index is 13.4. The number of carbonyl (C=O) groups is 5. The fourth-order valence-electron chi connectivity index (χ4n) is 5.30. The molecule has 1 unspecified atom stereocenters. The number of carbonyl (C=O) groups excluding carboxylic acids is 5. The van der Waals surface area contributed by atoms with Crippen LogP contribution in [0.4, 0.5) is 10.5 Å². The molecule has 0 aliphatic carbocycles. The van der Waals surface area contributed by atoms with Crippen LogP contribution in [-0.4, -0.2) is 59.3 Å². The van der Waals surface area contributed by atoms with Crippen LogP contribution in [0.3, 0.4) is 0 Å². The maximum Gasteiger partial charge on any atom is 0.340 e. The lowest BCUT2D eigenvalue weighted by atomic mass is 10.0. The van der Waals surface area contributed by atoms with Gasteiger partial charge in [0.15, 0.2) is 6.73 Å². The molecule has 11 nitrogen and oxygen atoms in total. The number of piperidine rings is 1. The number of benzene rings is 3. The number of imide groups is 1. The van der Waals surface area contributed by atoms with Crippen LogP contribution in [0.2, 0.25) is 5.02 Å². The minimum absolute atomic E-state index is 0.0287. The standard InChI is InChI=1S/C32H32ClN5O6/c1-19-7-9-23(14-26(19)33)36-32(43)35-15-20-8-10-24-22(13-20)17-37(29(24)40)27-11-12-28(39)38(30(27)41)18-44-31(42)25-6-4-3-5-21(25)16-34-2/h3-10,13-14,27,34H,11-12,15-18H2,1-2H3,(H2,35,36,43). The molecule has 228 valence electrons. The molecular weight excluding hydrogens is 586 g/mol. The minimum Gasteiger partial charge on any atom is -0.440 e. The van der Waals surface area contributed by atoms with Crippen LogP contribution in [-0.2, 0) is 34.0 Å². The van der Waals surface area contributed by atoms with Gasteiger partial charge in [-0.3, -0.25) is 14.4 Å². The molecule has 0 aromatic heterocycles. The summed E-state index contributed by atoms with van der Waals surface area (Å²) in [6.07, 6.45) is 0.200. The van der Waals surface area contributed by atoms with Crippen LogP contribution in [0.15, 0.2) is 60.7 Å². The van der Waals surface area contributed by atoms with E-state index < -0.39 is 36.6 Å². The Bertz CT molecular complexity index is 1640. The first-order chi connectivity index (χ1) is 21.2. The Morgan fingerprint density at radius 3 is 2.59 bits per heavy atom. The van der Waals surface area contributed by atoms with E-state index in [1.807, 2.05) is 19.1 Å². The lowest BCUT2D eigenvalue weighted by Gasteiger charge is -2.35. The number of rotatable bonds is 9. The highest BCUT2D eigenvalue weighted by Crippen LogP contribution is 2.30. The lowest BCUT2D eigenvalue weighted by molar-refractivity contribution is -0.156. The van der Waals surface area contributed by atoms with Crippen LogP contribution in [0.25, 0.3) is 0 Å². The summed E-state index contributed by atoms with van der Waals surface area (Å²) in [5.41, 5.74) is 4.46. The van der Waals surface area contributed by atoms with Gasteiger partial charge in [0.25, 0.3) is 11.8 Å². The monoisotopic (exact) mass is 617 g/mol. The predicted octanol–water partition coefficient (Wildman–Crippen LogP) is 3.98. The molecule has 1 fully saturated rings. The van der Waals surface area contributed by atoms with Crippen molar-refractivity contribution in [2.45, 2.75) is 45.4 Å². The number of likely N-dealkylation sites (tertiary alicyclic amines) is 1. The molecule has 0 bridgehead atoms. The van der Waals surface area contributed by atoms with Crippen molar-refractivity contribution in [3.63, 3.8) is 0 Å². The van der Waals surface area contributed by atoms with E-state index in [4.69, 9.17) is 16.3 Å². The van der Waals surface area contributed by atoms with Crippen molar-refractivity contribution in [1.82, 2.24) is 20.4 Å². The van der Waals surface area contributed by atoms with E-state index in [1.165, 1.54) is 4.90 Å². The summed E-state index contributed by atoms with van der Waals surface area (Å²) in [7, 11) is 1.76. The van der Waals surface area contributed by atoms with E-state index in [0.29, 0.717) is 33.9 Å². The van der Waals surface area contributed by atoms with E-state index in [2.05, 4.69) is 16.0 Å². The lowest BCUT2D eigenvalue weighted by Crippen LogP contribution is -2.55. The van der Waals surface area contributed by atoms with Gasteiger partial charge in [-0.15, -0.1) is 0 Å². The van der Waals surface area contributed by atoms with Gasteiger partial charge in [0, 0.05) is 42.3 Å². The highest BCUT2D eigenvalue weighted by atomic mass is 35.5. The summed E-state index contributed by atoms with van der Waals surface area (Å²) >= 11 is 6.13. The molecule has 2 aliphatic rings. The second-order valence-corrected chi connectivity index (χ2v) is 11.1. The third kappa shape index (κ3) is 6.58. The smallest absolute Gasteiger partial charge is 0.340 e. The Labute approximate surface area is 259 Å². The van der Waals surface area contributed by atoms with Crippen LogP contribution >= 0.6 is 11.6 Å². The first-order valence-electron chi connectivity index (χ1n) is 14.1. The van der Waals surface area contributed by atoms with Gasteiger partial charge in [-0.1, -0.05) is 48.0 Å². The third-order valence-electron chi connectivity index (χ3n) is 7.67. The minimum atomic E-state index is -0.878. The van der Waals surface area contributed by atoms with Crippen molar-refractivity contribution in [2.24, 2.45) is 0 Å². The number of fused-ring (bicyclic) bond motifs is 1. The van der Waals surface area contributed by atoms with E-state index in [9.17, 15) is 24.0 Å². The molecule has 1 atom stereocenters. The highest BCUT2D eigenvalue weighted by molar-refractivity contribution is 6.31. The summed E-state index contributed by atoms with van der Waals surface area (Å²) in [5, 5.41) is 9.06. The number of ether oxygens (including phenoxy) is 1. The van der Waals surface area contributed by atoms with Crippen LogP contribution in [0.1, 0.15) is 55.8 Å². The van der Waals surface area contributed by atoms with Gasteiger partial charge in [-0.05, 0) is 66.9 Å². The maximum absolute atomic E-state index is 13.4. The van der Waals surface area contributed by atoms with Gasteiger partial charge in [0.1, 0.15) is 6.04 Å². The molecule has 3 aromatic carbocycles. The van der Waals surface area contributed by atoms with Gasteiger partial charge in [0.2, 0.25) is 5.91 Å². The van der Waals surface area contributed by atoms with Crippen molar-refractivity contribution < 1.29 is 28.7 Å². The van der Waals surface area contributed by atoms with Gasteiger partial charge >= 0.3 is 12.0 Å². The Balaban J connectivity index is 1.20. The summed E-state index contributed by atoms with van der Waals surface area (Å²) in [6, 6.07) is 16.1. The summed E-state index contributed by atoms with van der Waals surface area (Å²) in [6.45, 7) is 2.16. The predicted molar refractivity (Wildman–Crippen MR) is 163 cm³/mol. The summed E-state index contributed by atoms with van der Waals surface area (Å²) in [4.78, 5) is 66.9. The van der Waals surface area contributed by atoms with E-state index in [0.717, 1.165) is 21.6 Å². The molecule has 1 saturated heterocycles. The molecule has 0 saturated carbocycles. The summed E-state index contributed by atoms with van der Waals surface area (Å²) in [5.74, 6) is -2.03. The largest absolute Gasteiger partial charge is 0.440 e. The number of nitrogens with zero attached hydrogens (tertiary/aromatic N) is 2. The number of anilines is 1. The quantitative estimate of drug-likeness (QED) is 0.244. The Morgan fingerprint density at radius 1 is 1.02 bits per heavy atom. The van der Waals surface area contributed by atoms with Crippen LogP contribution < -0.4 is 16.0 Å². The number of hydrogen-bond donors (Lipinski definition) is 3.